The van der Waals surface area contributed by atoms with Gasteiger partial charge in [-0.25, -0.2) is 13.4 Å². The number of hydrogen-bond donors (Lipinski definition) is 0. The second kappa shape index (κ2) is 9.08. The molecule has 3 aromatic rings. The van der Waals surface area contributed by atoms with E-state index in [1.807, 2.05) is 6.07 Å². The second-order valence-corrected chi connectivity index (χ2v) is 9.98. The summed E-state index contributed by atoms with van der Waals surface area (Å²) in [6.45, 7) is 8.15. The van der Waals surface area contributed by atoms with Crippen molar-refractivity contribution in [2.75, 3.05) is 33.4 Å². The molecule has 0 N–H and O–H groups in total. The molecule has 2 aromatic carbocycles. The molecular formula is C23H30N4O3S. The highest BCUT2D eigenvalue weighted by Crippen LogP contribution is 2.24. The van der Waals surface area contributed by atoms with Gasteiger partial charge in [-0.05, 0) is 50.2 Å². The number of morpholine rings is 1. The second-order valence-electron chi connectivity index (χ2n) is 8.04. The maximum atomic E-state index is 13.0. The van der Waals surface area contributed by atoms with Crippen molar-refractivity contribution in [2.45, 2.75) is 38.4 Å². The van der Waals surface area contributed by atoms with E-state index in [2.05, 4.69) is 54.6 Å². The van der Waals surface area contributed by atoms with Crippen molar-refractivity contribution in [3.63, 3.8) is 0 Å². The highest BCUT2D eigenvalue weighted by atomic mass is 32.2. The van der Waals surface area contributed by atoms with Crippen LogP contribution in [0.4, 0.5) is 0 Å². The molecule has 0 radical (unpaired) electrons. The molecule has 166 valence electrons. The molecule has 7 nitrogen and oxygen atoms in total. The van der Waals surface area contributed by atoms with E-state index < -0.39 is 10.0 Å². The van der Waals surface area contributed by atoms with Crippen molar-refractivity contribution < 1.29 is 13.2 Å². The Morgan fingerprint density at radius 1 is 1.10 bits per heavy atom. The van der Waals surface area contributed by atoms with Gasteiger partial charge in [-0.15, -0.1) is 0 Å². The Hall–Kier alpha value is -2.26. The summed E-state index contributed by atoms with van der Waals surface area (Å²) in [5.41, 5.74) is 4.25. The van der Waals surface area contributed by atoms with E-state index in [0.717, 1.165) is 29.9 Å². The van der Waals surface area contributed by atoms with Crippen LogP contribution in [0, 0.1) is 6.92 Å². The lowest BCUT2D eigenvalue weighted by molar-refractivity contribution is 0.0730. The fraction of sp³-hybridized carbons (Fsp3) is 0.435. The summed E-state index contributed by atoms with van der Waals surface area (Å²) in [6.07, 6.45) is 0. The number of ether oxygens (including phenoxy) is 1. The van der Waals surface area contributed by atoms with Gasteiger partial charge in [0.1, 0.15) is 5.82 Å². The largest absolute Gasteiger partial charge is 0.379 e. The monoisotopic (exact) mass is 442 g/mol. The van der Waals surface area contributed by atoms with Crippen LogP contribution >= 0.6 is 0 Å². The zero-order valence-corrected chi connectivity index (χ0v) is 19.2. The van der Waals surface area contributed by atoms with Crippen LogP contribution in [0.25, 0.3) is 11.0 Å². The number of aryl methyl sites for hydroxylation is 2. The number of benzene rings is 2. The van der Waals surface area contributed by atoms with E-state index in [1.54, 1.807) is 12.1 Å². The van der Waals surface area contributed by atoms with E-state index in [0.29, 0.717) is 37.7 Å². The molecule has 0 unspecified atom stereocenters. The molecule has 8 heteroatoms. The highest BCUT2D eigenvalue weighted by Gasteiger charge is 2.27. The maximum Gasteiger partial charge on any atom is 0.243 e. The van der Waals surface area contributed by atoms with E-state index in [-0.39, 0.29) is 0 Å². The van der Waals surface area contributed by atoms with Crippen molar-refractivity contribution >= 4 is 21.1 Å². The van der Waals surface area contributed by atoms with Gasteiger partial charge in [0.15, 0.2) is 0 Å². The number of fused-ring (bicyclic) bond motifs is 1. The summed E-state index contributed by atoms with van der Waals surface area (Å²) >= 11 is 0. The minimum atomic E-state index is -3.54. The van der Waals surface area contributed by atoms with Gasteiger partial charge in [-0.3, -0.25) is 4.90 Å². The van der Waals surface area contributed by atoms with Crippen molar-refractivity contribution in [3.8, 4) is 0 Å². The molecule has 1 aromatic heterocycles. The van der Waals surface area contributed by atoms with Gasteiger partial charge in [0.2, 0.25) is 10.0 Å². The molecule has 1 aliphatic heterocycles. The van der Waals surface area contributed by atoms with E-state index in [9.17, 15) is 8.42 Å². The lowest BCUT2D eigenvalue weighted by Crippen LogP contribution is -2.40. The fourth-order valence-electron chi connectivity index (χ4n) is 4.11. The number of aromatic nitrogens is 2. The fourth-order valence-corrected chi connectivity index (χ4v) is 5.53. The first kappa shape index (κ1) is 22.0. The van der Waals surface area contributed by atoms with E-state index in [4.69, 9.17) is 9.72 Å². The lowest BCUT2D eigenvalue weighted by atomic mass is 10.1. The SMILES string of the molecule is CCn1c(CN(C)Cc2ccccc2C)nc2cc(S(=O)(=O)N3CCOCC3)ccc21. The first-order valence-corrected chi connectivity index (χ1v) is 12.1. The highest BCUT2D eigenvalue weighted by molar-refractivity contribution is 7.89. The number of hydrogen-bond acceptors (Lipinski definition) is 5. The van der Waals surface area contributed by atoms with E-state index >= 15 is 0 Å². The topological polar surface area (TPSA) is 67.7 Å². The predicted molar refractivity (Wildman–Crippen MR) is 121 cm³/mol. The average Bonchev–Trinajstić information content (AvgIpc) is 3.12. The molecule has 0 aliphatic carbocycles. The quantitative estimate of drug-likeness (QED) is 0.563. The lowest BCUT2D eigenvalue weighted by Gasteiger charge is -2.26. The Kier molecular flexibility index (Phi) is 6.43. The Balaban J connectivity index is 1.60. The maximum absolute atomic E-state index is 13.0. The van der Waals surface area contributed by atoms with Crippen LogP contribution in [0.3, 0.4) is 0 Å². The predicted octanol–water partition coefficient (Wildman–Crippen LogP) is 3.02. The molecule has 31 heavy (non-hydrogen) atoms. The van der Waals surface area contributed by atoms with Crippen LogP contribution in [0.15, 0.2) is 47.4 Å². The smallest absolute Gasteiger partial charge is 0.243 e. The molecule has 0 amide bonds. The summed E-state index contributed by atoms with van der Waals surface area (Å²) in [5, 5.41) is 0. The zero-order valence-electron chi connectivity index (χ0n) is 18.4. The third-order valence-corrected chi connectivity index (χ3v) is 7.73. The molecule has 4 rings (SSSR count). The van der Waals surface area contributed by atoms with Crippen LogP contribution in [0.5, 0.6) is 0 Å². The first-order valence-electron chi connectivity index (χ1n) is 10.7. The van der Waals surface area contributed by atoms with Crippen molar-refractivity contribution in [1.29, 1.82) is 0 Å². The van der Waals surface area contributed by atoms with Crippen molar-refractivity contribution in [1.82, 2.24) is 18.8 Å². The number of nitrogens with zero attached hydrogens (tertiary/aromatic N) is 4. The molecular weight excluding hydrogens is 412 g/mol. The number of rotatable bonds is 7. The van der Waals surface area contributed by atoms with E-state index in [1.165, 1.54) is 15.4 Å². The Bertz CT molecular complexity index is 1170. The molecule has 1 aliphatic rings. The minimum absolute atomic E-state index is 0.294. The molecule has 2 heterocycles. The summed E-state index contributed by atoms with van der Waals surface area (Å²) in [6, 6.07) is 13.7. The Labute approximate surface area is 184 Å². The zero-order chi connectivity index (χ0) is 22.0. The standard InChI is InChI=1S/C23H30N4O3S/c1-4-27-22-10-9-20(31(28,29)26-11-13-30-14-12-26)15-21(22)24-23(27)17-25(3)16-19-8-6-5-7-18(19)2/h5-10,15H,4,11-14,16-17H2,1-3H3. The van der Waals surface area contributed by atoms with Crippen LogP contribution in [-0.4, -0.2) is 60.5 Å². The van der Waals surface area contributed by atoms with Gasteiger partial charge >= 0.3 is 0 Å². The Morgan fingerprint density at radius 3 is 2.55 bits per heavy atom. The summed E-state index contributed by atoms with van der Waals surface area (Å²) in [7, 11) is -1.46. The number of sulfonamides is 1. The summed E-state index contributed by atoms with van der Waals surface area (Å²) in [4.78, 5) is 7.35. The third kappa shape index (κ3) is 4.52. The first-order chi connectivity index (χ1) is 14.9. The number of imidazole rings is 1. The van der Waals surface area contributed by atoms with Gasteiger partial charge in [0.25, 0.3) is 0 Å². The van der Waals surface area contributed by atoms with Gasteiger partial charge in [-0.2, -0.15) is 4.31 Å². The van der Waals surface area contributed by atoms with Crippen LogP contribution in [0.1, 0.15) is 23.9 Å². The summed E-state index contributed by atoms with van der Waals surface area (Å²) < 4.78 is 35.0. The molecule has 0 bridgehead atoms. The van der Waals surface area contributed by atoms with Crippen LogP contribution < -0.4 is 0 Å². The molecule has 1 fully saturated rings. The molecule has 0 saturated carbocycles. The van der Waals surface area contributed by atoms with Gasteiger partial charge < -0.3 is 9.30 Å². The van der Waals surface area contributed by atoms with Gasteiger partial charge in [0, 0.05) is 26.2 Å². The summed E-state index contributed by atoms with van der Waals surface area (Å²) in [5.74, 6) is 0.939. The third-order valence-electron chi connectivity index (χ3n) is 5.84. The van der Waals surface area contributed by atoms with Gasteiger partial charge in [-0.1, -0.05) is 24.3 Å². The average molecular weight is 443 g/mol. The molecule has 0 spiro atoms. The van der Waals surface area contributed by atoms with Crippen LogP contribution in [-0.2, 0) is 34.4 Å². The normalized spacial score (nSPS) is 15.7. The Morgan fingerprint density at radius 2 is 1.84 bits per heavy atom. The van der Waals surface area contributed by atoms with Crippen molar-refractivity contribution in [3.05, 3.63) is 59.4 Å². The van der Waals surface area contributed by atoms with Gasteiger partial charge in [0.05, 0.1) is 35.7 Å². The molecule has 1 saturated heterocycles. The minimum Gasteiger partial charge on any atom is -0.379 e. The van der Waals surface area contributed by atoms with Crippen molar-refractivity contribution in [2.24, 2.45) is 0 Å². The molecule has 0 atom stereocenters. The van der Waals surface area contributed by atoms with Crippen LogP contribution in [0.2, 0.25) is 0 Å².